The fraction of sp³-hybridized carbons (Fsp3) is 0.333. The number of hydrogen-bond acceptors (Lipinski definition) is 4. The van der Waals surface area contributed by atoms with Crippen LogP contribution in [0.5, 0.6) is 0 Å². The van der Waals surface area contributed by atoms with Gasteiger partial charge < -0.3 is 4.74 Å². The van der Waals surface area contributed by atoms with Crippen molar-refractivity contribution in [3.8, 4) is 0 Å². The molecule has 0 radical (unpaired) electrons. The lowest BCUT2D eigenvalue weighted by atomic mass is 10.2. The van der Waals surface area contributed by atoms with Gasteiger partial charge in [-0.1, -0.05) is 0 Å². The minimum atomic E-state index is -0.215. The molecule has 0 saturated heterocycles. The SMILES string of the molecule is CCOC(=O)C1=Cc2scnc2C1. The van der Waals surface area contributed by atoms with E-state index in [2.05, 4.69) is 4.98 Å². The van der Waals surface area contributed by atoms with E-state index in [0.29, 0.717) is 13.0 Å². The van der Waals surface area contributed by atoms with Crippen LogP contribution in [-0.4, -0.2) is 17.6 Å². The van der Waals surface area contributed by atoms with E-state index in [1.165, 1.54) is 0 Å². The van der Waals surface area contributed by atoms with Crippen molar-refractivity contribution in [2.45, 2.75) is 13.3 Å². The number of thiazole rings is 1. The topological polar surface area (TPSA) is 39.2 Å². The zero-order valence-corrected chi connectivity index (χ0v) is 8.06. The van der Waals surface area contributed by atoms with Crippen LogP contribution < -0.4 is 0 Å². The molecule has 4 heteroatoms. The summed E-state index contributed by atoms with van der Waals surface area (Å²) in [6.45, 7) is 2.23. The molecule has 68 valence electrons. The van der Waals surface area contributed by atoms with Gasteiger partial charge >= 0.3 is 5.97 Å². The molecule has 1 aliphatic carbocycles. The molecular weight excluding hydrogens is 186 g/mol. The number of esters is 1. The van der Waals surface area contributed by atoms with Gasteiger partial charge in [-0.05, 0) is 13.0 Å². The smallest absolute Gasteiger partial charge is 0.334 e. The Morgan fingerprint density at radius 2 is 2.62 bits per heavy atom. The average Bonchev–Trinajstić information content (AvgIpc) is 2.61. The van der Waals surface area contributed by atoms with Gasteiger partial charge in [-0.2, -0.15) is 0 Å². The minimum absolute atomic E-state index is 0.215. The summed E-state index contributed by atoms with van der Waals surface area (Å²) in [6, 6.07) is 0. The zero-order valence-electron chi connectivity index (χ0n) is 7.24. The van der Waals surface area contributed by atoms with E-state index in [1.807, 2.05) is 6.08 Å². The van der Waals surface area contributed by atoms with Crippen molar-refractivity contribution in [1.82, 2.24) is 4.98 Å². The third-order valence-corrected chi connectivity index (χ3v) is 2.69. The lowest BCUT2D eigenvalue weighted by Crippen LogP contribution is -2.07. The predicted molar refractivity (Wildman–Crippen MR) is 50.4 cm³/mol. The first kappa shape index (κ1) is 8.44. The van der Waals surface area contributed by atoms with Crippen LogP contribution in [0.2, 0.25) is 0 Å². The van der Waals surface area contributed by atoms with Crippen LogP contribution in [0.25, 0.3) is 6.08 Å². The first-order chi connectivity index (χ1) is 6.31. The summed E-state index contributed by atoms with van der Waals surface area (Å²) in [5, 5.41) is 0. The highest BCUT2D eigenvalue weighted by molar-refractivity contribution is 7.10. The van der Waals surface area contributed by atoms with Crippen molar-refractivity contribution in [2.24, 2.45) is 0 Å². The van der Waals surface area contributed by atoms with Gasteiger partial charge in [-0.25, -0.2) is 9.78 Å². The number of carbonyl (C=O) groups excluding carboxylic acids is 1. The first-order valence-electron chi connectivity index (χ1n) is 4.11. The highest BCUT2D eigenvalue weighted by Crippen LogP contribution is 2.27. The Morgan fingerprint density at radius 1 is 1.77 bits per heavy atom. The molecular formula is C9H9NO2S. The highest BCUT2D eigenvalue weighted by atomic mass is 32.1. The van der Waals surface area contributed by atoms with Gasteiger partial charge in [-0.3, -0.25) is 0 Å². The van der Waals surface area contributed by atoms with Crippen LogP contribution in [0.3, 0.4) is 0 Å². The van der Waals surface area contributed by atoms with Crippen molar-refractivity contribution < 1.29 is 9.53 Å². The molecule has 1 heterocycles. The van der Waals surface area contributed by atoms with Crippen molar-refractivity contribution in [3.63, 3.8) is 0 Å². The average molecular weight is 195 g/mol. The molecule has 2 rings (SSSR count). The Balaban J connectivity index is 2.14. The van der Waals surface area contributed by atoms with Crippen molar-refractivity contribution >= 4 is 23.4 Å². The maximum Gasteiger partial charge on any atom is 0.334 e. The molecule has 0 unspecified atom stereocenters. The monoisotopic (exact) mass is 195 g/mol. The normalized spacial score (nSPS) is 13.8. The molecule has 13 heavy (non-hydrogen) atoms. The Labute approximate surface area is 80.1 Å². The third kappa shape index (κ3) is 1.49. The molecule has 0 aromatic carbocycles. The minimum Gasteiger partial charge on any atom is -0.463 e. The van der Waals surface area contributed by atoms with Crippen molar-refractivity contribution in [1.29, 1.82) is 0 Å². The fourth-order valence-corrected chi connectivity index (χ4v) is 2.04. The molecule has 3 nitrogen and oxygen atoms in total. The van der Waals surface area contributed by atoms with Crippen molar-refractivity contribution in [3.05, 3.63) is 21.7 Å². The number of nitrogens with zero attached hydrogens (tertiary/aromatic N) is 1. The highest BCUT2D eigenvalue weighted by Gasteiger charge is 2.21. The van der Waals surface area contributed by atoms with Crippen LogP contribution in [0.1, 0.15) is 17.5 Å². The maximum absolute atomic E-state index is 11.3. The number of rotatable bonds is 2. The van der Waals surface area contributed by atoms with Gasteiger partial charge in [0, 0.05) is 12.0 Å². The second kappa shape index (κ2) is 3.30. The lowest BCUT2D eigenvalue weighted by molar-refractivity contribution is -0.138. The standard InChI is InChI=1S/C9H9NO2S/c1-2-12-9(11)6-3-7-8(4-6)13-5-10-7/h4-5H,2-3H2,1H3. The van der Waals surface area contributed by atoms with E-state index in [-0.39, 0.29) is 5.97 Å². The summed E-state index contributed by atoms with van der Waals surface area (Å²) in [4.78, 5) is 16.5. The van der Waals surface area contributed by atoms with Gasteiger partial charge in [0.2, 0.25) is 0 Å². The number of ether oxygens (including phenoxy) is 1. The molecule has 1 aliphatic rings. The number of carbonyl (C=O) groups is 1. The number of aromatic nitrogens is 1. The van der Waals surface area contributed by atoms with Crippen LogP contribution in [0.4, 0.5) is 0 Å². The van der Waals surface area contributed by atoms with Crippen LogP contribution in [-0.2, 0) is 16.0 Å². The van der Waals surface area contributed by atoms with E-state index >= 15 is 0 Å². The molecule has 0 N–H and O–H groups in total. The van der Waals surface area contributed by atoms with Crippen LogP contribution in [0.15, 0.2) is 11.1 Å². The Kier molecular flexibility index (Phi) is 2.14. The first-order valence-corrected chi connectivity index (χ1v) is 4.99. The van der Waals surface area contributed by atoms with E-state index < -0.39 is 0 Å². The second-order valence-corrected chi connectivity index (χ2v) is 3.62. The third-order valence-electron chi connectivity index (χ3n) is 1.87. The van der Waals surface area contributed by atoms with Gasteiger partial charge in [0.05, 0.1) is 22.7 Å². The van der Waals surface area contributed by atoms with Gasteiger partial charge in [0.25, 0.3) is 0 Å². The lowest BCUT2D eigenvalue weighted by Gasteiger charge is -2.00. The van der Waals surface area contributed by atoms with Crippen LogP contribution >= 0.6 is 11.3 Å². The molecule has 0 aliphatic heterocycles. The van der Waals surface area contributed by atoms with E-state index in [9.17, 15) is 4.79 Å². The maximum atomic E-state index is 11.3. The van der Waals surface area contributed by atoms with Crippen LogP contribution in [0, 0.1) is 0 Å². The van der Waals surface area contributed by atoms with E-state index in [4.69, 9.17) is 4.74 Å². The summed E-state index contributed by atoms with van der Waals surface area (Å²) in [6.07, 6.45) is 2.49. The Bertz CT molecular complexity index is 367. The molecule has 0 saturated carbocycles. The summed E-state index contributed by atoms with van der Waals surface area (Å²) in [5.41, 5.74) is 3.51. The quantitative estimate of drug-likeness (QED) is 0.673. The molecule has 0 atom stereocenters. The fourth-order valence-electron chi connectivity index (χ4n) is 1.27. The summed E-state index contributed by atoms with van der Waals surface area (Å²) in [5.74, 6) is -0.215. The Morgan fingerprint density at radius 3 is 3.31 bits per heavy atom. The van der Waals surface area contributed by atoms with Gasteiger partial charge in [0.1, 0.15) is 0 Å². The molecule has 1 aromatic heterocycles. The number of fused-ring (bicyclic) bond motifs is 1. The molecule has 0 amide bonds. The number of hydrogen-bond donors (Lipinski definition) is 0. The zero-order chi connectivity index (χ0) is 9.26. The summed E-state index contributed by atoms with van der Waals surface area (Å²) < 4.78 is 4.90. The largest absolute Gasteiger partial charge is 0.463 e. The molecule has 1 aromatic rings. The second-order valence-electron chi connectivity index (χ2n) is 2.73. The predicted octanol–water partition coefficient (Wildman–Crippen LogP) is 1.65. The van der Waals surface area contributed by atoms with Gasteiger partial charge in [0.15, 0.2) is 0 Å². The molecule has 0 spiro atoms. The van der Waals surface area contributed by atoms with Crippen molar-refractivity contribution in [2.75, 3.05) is 6.61 Å². The van der Waals surface area contributed by atoms with E-state index in [0.717, 1.165) is 16.1 Å². The van der Waals surface area contributed by atoms with Gasteiger partial charge in [-0.15, -0.1) is 11.3 Å². The van der Waals surface area contributed by atoms with E-state index in [1.54, 1.807) is 23.8 Å². The molecule has 0 fully saturated rings. The summed E-state index contributed by atoms with van der Waals surface area (Å²) >= 11 is 1.56. The Hall–Kier alpha value is -1.16. The molecule has 0 bridgehead atoms. The summed E-state index contributed by atoms with van der Waals surface area (Å²) in [7, 11) is 0.